The first-order valence-electron chi connectivity index (χ1n) is 7.60. The predicted molar refractivity (Wildman–Crippen MR) is 96.0 cm³/mol. The second-order valence-electron chi connectivity index (χ2n) is 5.04. The third kappa shape index (κ3) is 5.42. The van der Waals surface area contributed by atoms with Gasteiger partial charge in [0, 0.05) is 0 Å². The molecule has 0 heterocycles. The largest absolute Gasteiger partial charge is 0.375 e. The summed E-state index contributed by atoms with van der Waals surface area (Å²) in [7, 11) is 0. The van der Waals surface area contributed by atoms with Crippen LogP contribution in [-0.2, 0) is 4.79 Å². The van der Waals surface area contributed by atoms with E-state index in [1.807, 2.05) is 48.5 Å². The molecule has 0 aliphatic heterocycles. The standard InChI is InChI=1S/C18H20ClN3O/c1-2-8-16(14-9-4-3-5-10-14)21-22-18(23)13-20-17-12-7-6-11-15(17)19/h3-7,9-12,20H,2,8,13H2,1H3,(H,22,23)/b21-16+. The summed E-state index contributed by atoms with van der Waals surface area (Å²) in [6.45, 7) is 2.20. The highest BCUT2D eigenvalue weighted by molar-refractivity contribution is 6.33. The van der Waals surface area contributed by atoms with E-state index in [0.29, 0.717) is 5.02 Å². The van der Waals surface area contributed by atoms with Gasteiger partial charge in [0.25, 0.3) is 5.91 Å². The fraction of sp³-hybridized carbons (Fsp3) is 0.222. The average molecular weight is 330 g/mol. The SMILES string of the molecule is CCC/C(=N\NC(=O)CNc1ccccc1Cl)c1ccccc1. The van der Waals surface area contributed by atoms with Crippen LogP contribution in [0.4, 0.5) is 5.69 Å². The molecular weight excluding hydrogens is 310 g/mol. The van der Waals surface area contributed by atoms with Crippen molar-refractivity contribution in [2.75, 3.05) is 11.9 Å². The van der Waals surface area contributed by atoms with Gasteiger partial charge < -0.3 is 5.32 Å². The summed E-state index contributed by atoms with van der Waals surface area (Å²) in [5, 5.41) is 7.84. The molecule has 4 nitrogen and oxygen atoms in total. The van der Waals surface area contributed by atoms with E-state index in [9.17, 15) is 4.79 Å². The van der Waals surface area contributed by atoms with Gasteiger partial charge in [0.2, 0.25) is 0 Å². The van der Waals surface area contributed by atoms with Crippen LogP contribution in [0.3, 0.4) is 0 Å². The Bertz CT molecular complexity index is 671. The Kier molecular flexibility index (Phi) is 6.63. The second-order valence-corrected chi connectivity index (χ2v) is 5.45. The second kappa shape index (κ2) is 8.96. The van der Waals surface area contributed by atoms with Gasteiger partial charge in [0.05, 0.1) is 23.0 Å². The van der Waals surface area contributed by atoms with Crippen molar-refractivity contribution in [2.45, 2.75) is 19.8 Å². The van der Waals surface area contributed by atoms with E-state index in [-0.39, 0.29) is 12.5 Å². The Balaban J connectivity index is 1.94. The number of hydrogen-bond donors (Lipinski definition) is 2. The van der Waals surface area contributed by atoms with E-state index in [1.54, 1.807) is 6.07 Å². The molecule has 2 aromatic rings. The summed E-state index contributed by atoms with van der Waals surface area (Å²) < 4.78 is 0. The van der Waals surface area contributed by atoms with Crippen LogP contribution in [0, 0.1) is 0 Å². The van der Waals surface area contributed by atoms with Gasteiger partial charge in [0.1, 0.15) is 0 Å². The minimum atomic E-state index is -0.213. The summed E-state index contributed by atoms with van der Waals surface area (Å²) in [6, 6.07) is 17.2. The molecule has 2 rings (SSSR count). The van der Waals surface area contributed by atoms with E-state index in [1.165, 1.54) is 0 Å². The number of hydrazone groups is 1. The average Bonchev–Trinajstić information content (AvgIpc) is 2.58. The topological polar surface area (TPSA) is 53.5 Å². The van der Waals surface area contributed by atoms with Crippen LogP contribution in [0.25, 0.3) is 0 Å². The number of amides is 1. The maximum Gasteiger partial charge on any atom is 0.259 e. The van der Waals surface area contributed by atoms with Crippen LogP contribution in [0.1, 0.15) is 25.3 Å². The molecule has 0 unspecified atom stereocenters. The van der Waals surface area contributed by atoms with E-state index in [0.717, 1.165) is 29.8 Å². The van der Waals surface area contributed by atoms with Crippen molar-refractivity contribution in [3.05, 3.63) is 65.2 Å². The van der Waals surface area contributed by atoms with Gasteiger partial charge >= 0.3 is 0 Å². The van der Waals surface area contributed by atoms with Crippen molar-refractivity contribution in [2.24, 2.45) is 5.10 Å². The third-order valence-electron chi connectivity index (χ3n) is 3.22. The summed E-state index contributed by atoms with van der Waals surface area (Å²) in [6.07, 6.45) is 1.77. The molecule has 1 amide bonds. The van der Waals surface area contributed by atoms with Crippen LogP contribution in [0.5, 0.6) is 0 Å². The molecule has 0 spiro atoms. The van der Waals surface area contributed by atoms with Gasteiger partial charge in [-0.15, -0.1) is 0 Å². The van der Waals surface area contributed by atoms with Crippen LogP contribution >= 0.6 is 11.6 Å². The number of benzene rings is 2. The molecule has 0 aliphatic carbocycles. The summed E-state index contributed by atoms with van der Waals surface area (Å²) in [5.41, 5.74) is 5.22. The Morgan fingerprint density at radius 2 is 1.78 bits per heavy atom. The van der Waals surface area contributed by atoms with Gasteiger partial charge in [0.15, 0.2) is 0 Å². The number of nitrogens with zero attached hydrogens (tertiary/aromatic N) is 1. The molecule has 0 saturated heterocycles. The van der Waals surface area contributed by atoms with Crippen LogP contribution in [0.15, 0.2) is 59.7 Å². The summed E-state index contributed by atoms with van der Waals surface area (Å²) >= 11 is 6.03. The number of carbonyl (C=O) groups is 1. The molecule has 2 N–H and O–H groups in total. The molecule has 2 aromatic carbocycles. The predicted octanol–water partition coefficient (Wildman–Crippen LogP) is 4.07. The van der Waals surface area contributed by atoms with Gasteiger partial charge in [-0.25, -0.2) is 5.43 Å². The van der Waals surface area contributed by atoms with Crippen molar-refractivity contribution in [1.82, 2.24) is 5.43 Å². The number of nitrogens with one attached hydrogen (secondary N) is 2. The number of para-hydroxylation sites is 1. The zero-order chi connectivity index (χ0) is 16.5. The number of hydrogen-bond acceptors (Lipinski definition) is 3. The normalized spacial score (nSPS) is 11.1. The fourth-order valence-electron chi connectivity index (χ4n) is 2.08. The quantitative estimate of drug-likeness (QED) is 0.594. The van der Waals surface area contributed by atoms with E-state index in [4.69, 9.17) is 11.6 Å². The van der Waals surface area contributed by atoms with Crippen LogP contribution in [-0.4, -0.2) is 18.2 Å². The van der Waals surface area contributed by atoms with Crippen molar-refractivity contribution >= 4 is 28.9 Å². The first-order valence-corrected chi connectivity index (χ1v) is 7.97. The van der Waals surface area contributed by atoms with Gasteiger partial charge in [-0.3, -0.25) is 4.79 Å². The highest BCUT2D eigenvalue weighted by Crippen LogP contribution is 2.19. The lowest BCUT2D eigenvalue weighted by Crippen LogP contribution is -2.27. The molecule has 5 heteroatoms. The minimum absolute atomic E-state index is 0.113. The number of rotatable bonds is 7. The molecule has 0 aromatic heterocycles. The Morgan fingerprint density at radius 1 is 1.09 bits per heavy atom. The lowest BCUT2D eigenvalue weighted by Gasteiger charge is -2.08. The van der Waals surface area contributed by atoms with Gasteiger partial charge in [-0.05, 0) is 24.1 Å². The van der Waals surface area contributed by atoms with Crippen molar-refractivity contribution in [3.63, 3.8) is 0 Å². The zero-order valence-electron chi connectivity index (χ0n) is 13.1. The van der Waals surface area contributed by atoms with Crippen molar-refractivity contribution < 1.29 is 4.79 Å². The number of halogens is 1. The van der Waals surface area contributed by atoms with Gasteiger partial charge in [-0.2, -0.15) is 5.10 Å². The van der Waals surface area contributed by atoms with Crippen molar-refractivity contribution in [3.8, 4) is 0 Å². The van der Waals surface area contributed by atoms with E-state index in [2.05, 4.69) is 22.8 Å². The first kappa shape index (κ1) is 17.0. The first-order chi connectivity index (χ1) is 11.2. The lowest BCUT2D eigenvalue weighted by molar-refractivity contribution is -0.119. The molecule has 0 radical (unpaired) electrons. The number of anilines is 1. The molecule has 0 fully saturated rings. The highest BCUT2D eigenvalue weighted by Gasteiger charge is 2.05. The zero-order valence-corrected chi connectivity index (χ0v) is 13.8. The highest BCUT2D eigenvalue weighted by atomic mass is 35.5. The third-order valence-corrected chi connectivity index (χ3v) is 3.55. The molecule has 0 bridgehead atoms. The Labute approximate surface area is 141 Å². The van der Waals surface area contributed by atoms with Crippen molar-refractivity contribution in [1.29, 1.82) is 0 Å². The molecular formula is C18H20ClN3O. The number of carbonyl (C=O) groups excluding carboxylic acids is 1. The molecule has 0 saturated carbocycles. The maximum absolute atomic E-state index is 11.9. The van der Waals surface area contributed by atoms with Gasteiger partial charge in [-0.1, -0.05) is 67.4 Å². The Morgan fingerprint density at radius 3 is 2.48 bits per heavy atom. The summed E-state index contributed by atoms with van der Waals surface area (Å²) in [5.74, 6) is -0.213. The van der Waals surface area contributed by atoms with Crippen LogP contribution < -0.4 is 10.7 Å². The van der Waals surface area contributed by atoms with Crippen LogP contribution in [0.2, 0.25) is 5.02 Å². The smallest absolute Gasteiger partial charge is 0.259 e. The minimum Gasteiger partial charge on any atom is -0.375 e. The molecule has 23 heavy (non-hydrogen) atoms. The maximum atomic E-state index is 11.9. The van der Waals surface area contributed by atoms with E-state index < -0.39 is 0 Å². The molecule has 0 aliphatic rings. The fourth-order valence-corrected chi connectivity index (χ4v) is 2.28. The lowest BCUT2D eigenvalue weighted by atomic mass is 10.1. The molecule has 120 valence electrons. The van der Waals surface area contributed by atoms with E-state index >= 15 is 0 Å². The summed E-state index contributed by atoms with van der Waals surface area (Å²) in [4.78, 5) is 11.9. The monoisotopic (exact) mass is 329 g/mol. The molecule has 0 atom stereocenters. The Hall–Kier alpha value is -2.33.